The molecule has 1 N–H and O–H groups in total. The highest BCUT2D eigenvalue weighted by molar-refractivity contribution is 5.72. The number of rotatable bonds is 6. The molecule has 1 aromatic heterocycles. The second kappa shape index (κ2) is 7.31. The van der Waals surface area contributed by atoms with Gasteiger partial charge in [-0.1, -0.05) is 0 Å². The summed E-state index contributed by atoms with van der Waals surface area (Å²) in [5, 5.41) is 7.26. The maximum Gasteiger partial charge on any atom is 0.216 e. The lowest BCUT2D eigenvalue weighted by molar-refractivity contribution is -0.118. The molecule has 24 heavy (non-hydrogen) atoms. The van der Waals surface area contributed by atoms with E-state index < -0.39 is 0 Å². The van der Waals surface area contributed by atoms with E-state index in [1.165, 1.54) is 6.92 Å². The molecule has 0 aliphatic carbocycles. The molecular weight excluding hydrogens is 312 g/mol. The van der Waals surface area contributed by atoms with E-state index in [0.717, 1.165) is 17.3 Å². The van der Waals surface area contributed by atoms with Gasteiger partial charge in [-0.3, -0.25) is 4.79 Å². The lowest BCUT2D eigenvalue weighted by Crippen LogP contribution is -2.23. The van der Waals surface area contributed by atoms with E-state index in [-0.39, 0.29) is 5.91 Å². The molecule has 0 fully saturated rings. The molecule has 2 aromatic rings. The zero-order valence-corrected chi connectivity index (χ0v) is 13.7. The first-order valence-electron chi connectivity index (χ1n) is 7.75. The van der Waals surface area contributed by atoms with Gasteiger partial charge in [0, 0.05) is 33.1 Å². The number of ether oxygens (including phenoxy) is 3. The van der Waals surface area contributed by atoms with Crippen molar-refractivity contribution in [2.24, 2.45) is 0 Å². The van der Waals surface area contributed by atoms with Crippen molar-refractivity contribution in [3.8, 4) is 17.2 Å². The van der Waals surface area contributed by atoms with Crippen LogP contribution >= 0.6 is 0 Å². The first-order chi connectivity index (χ1) is 11.7. The Morgan fingerprint density at radius 2 is 2.12 bits per heavy atom. The molecule has 3 rings (SSSR count). The minimum absolute atomic E-state index is 0.0718. The maximum atomic E-state index is 11.1. The fourth-order valence-corrected chi connectivity index (χ4v) is 2.46. The van der Waals surface area contributed by atoms with E-state index in [0.29, 0.717) is 44.4 Å². The summed E-state index contributed by atoms with van der Waals surface area (Å²) >= 11 is 0. The fourth-order valence-electron chi connectivity index (χ4n) is 2.46. The van der Waals surface area contributed by atoms with Gasteiger partial charge in [-0.25, -0.2) is 9.67 Å². The van der Waals surface area contributed by atoms with Crippen LogP contribution in [0.25, 0.3) is 5.69 Å². The van der Waals surface area contributed by atoms with Gasteiger partial charge in [0.05, 0.1) is 5.69 Å². The zero-order valence-electron chi connectivity index (χ0n) is 13.7. The number of benzene rings is 1. The molecular formula is C16H20N4O4. The standard InChI is InChI=1S/C16H20N4O4/c1-11(21)17-6-5-16-18-15(10-22-2)19-20(16)12-3-4-13-14(9-12)24-8-7-23-13/h3-4,9H,5-8,10H2,1-2H3,(H,17,21). The Kier molecular flexibility index (Phi) is 4.95. The molecule has 0 unspecified atom stereocenters. The summed E-state index contributed by atoms with van der Waals surface area (Å²) in [5.74, 6) is 2.67. The molecule has 0 atom stereocenters. The minimum atomic E-state index is -0.0718. The number of nitrogens with zero attached hydrogens (tertiary/aromatic N) is 3. The van der Waals surface area contributed by atoms with Gasteiger partial charge in [-0.2, -0.15) is 0 Å². The minimum Gasteiger partial charge on any atom is -0.486 e. The SMILES string of the molecule is COCc1nc(CCNC(C)=O)n(-c2ccc3c(c2)OCCO3)n1. The third-order valence-electron chi connectivity index (χ3n) is 3.48. The summed E-state index contributed by atoms with van der Waals surface area (Å²) in [6.07, 6.45) is 0.560. The quantitative estimate of drug-likeness (QED) is 0.844. The Bertz CT molecular complexity index is 729. The summed E-state index contributed by atoms with van der Waals surface area (Å²) in [4.78, 5) is 15.5. The number of methoxy groups -OCH3 is 1. The number of hydrogen-bond acceptors (Lipinski definition) is 6. The zero-order chi connectivity index (χ0) is 16.9. The van der Waals surface area contributed by atoms with E-state index in [1.54, 1.807) is 11.8 Å². The van der Waals surface area contributed by atoms with Crippen LogP contribution in [0.3, 0.4) is 0 Å². The van der Waals surface area contributed by atoms with Crippen molar-refractivity contribution in [3.63, 3.8) is 0 Å². The van der Waals surface area contributed by atoms with E-state index in [1.807, 2.05) is 18.2 Å². The molecule has 0 saturated heterocycles. The van der Waals surface area contributed by atoms with Crippen molar-refractivity contribution in [2.45, 2.75) is 20.0 Å². The highest BCUT2D eigenvalue weighted by Gasteiger charge is 2.16. The third-order valence-corrected chi connectivity index (χ3v) is 3.48. The predicted octanol–water partition coefficient (Wildman–Crippen LogP) is 0.863. The number of carbonyl (C=O) groups is 1. The number of aromatic nitrogens is 3. The molecule has 0 saturated carbocycles. The van der Waals surface area contributed by atoms with Crippen LogP contribution in [0.1, 0.15) is 18.6 Å². The Labute approximate surface area is 139 Å². The summed E-state index contributed by atoms with van der Waals surface area (Å²) in [6.45, 7) is 3.38. The lowest BCUT2D eigenvalue weighted by atomic mass is 10.2. The molecule has 8 nitrogen and oxygen atoms in total. The van der Waals surface area contributed by atoms with Gasteiger partial charge < -0.3 is 19.5 Å². The summed E-state index contributed by atoms with van der Waals surface area (Å²) in [7, 11) is 1.60. The largest absolute Gasteiger partial charge is 0.486 e. The topological polar surface area (TPSA) is 87.5 Å². The number of carbonyl (C=O) groups excluding carboxylic acids is 1. The fraction of sp³-hybridized carbons (Fsp3) is 0.438. The van der Waals surface area contributed by atoms with Gasteiger partial charge in [-0.05, 0) is 12.1 Å². The summed E-state index contributed by atoms with van der Waals surface area (Å²) < 4.78 is 18.0. The predicted molar refractivity (Wildman–Crippen MR) is 85.4 cm³/mol. The highest BCUT2D eigenvalue weighted by atomic mass is 16.6. The molecule has 1 aliphatic rings. The second-order valence-corrected chi connectivity index (χ2v) is 5.35. The van der Waals surface area contributed by atoms with Crippen LogP contribution in [0.15, 0.2) is 18.2 Å². The highest BCUT2D eigenvalue weighted by Crippen LogP contribution is 2.32. The Morgan fingerprint density at radius 1 is 1.33 bits per heavy atom. The third kappa shape index (κ3) is 3.65. The van der Waals surface area contributed by atoms with Crippen LogP contribution in [0.5, 0.6) is 11.5 Å². The van der Waals surface area contributed by atoms with Crippen molar-refractivity contribution < 1.29 is 19.0 Å². The number of nitrogens with one attached hydrogen (secondary N) is 1. The lowest BCUT2D eigenvalue weighted by Gasteiger charge is -2.19. The maximum absolute atomic E-state index is 11.1. The average Bonchev–Trinajstić information content (AvgIpc) is 2.97. The number of fused-ring (bicyclic) bond motifs is 1. The molecule has 128 valence electrons. The van der Waals surface area contributed by atoms with Crippen molar-refractivity contribution in [1.82, 2.24) is 20.1 Å². The first kappa shape index (κ1) is 16.3. The molecule has 0 bridgehead atoms. The smallest absolute Gasteiger partial charge is 0.216 e. The van der Waals surface area contributed by atoms with E-state index in [9.17, 15) is 4.79 Å². The molecule has 2 heterocycles. The normalized spacial score (nSPS) is 12.9. The Balaban J connectivity index is 1.88. The van der Waals surface area contributed by atoms with Crippen molar-refractivity contribution in [1.29, 1.82) is 0 Å². The summed E-state index contributed by atoms with van der Waals surface area (Å²) in [5.41, 5.74) is 0.826. The van der Waals surface area contributed by atoms with Gasteiger partial charge in [0.1, 0.15) is 25.6 Å². The molecule has 8 heteroatoms. The monoisotopic (exact) mass is 332 g/mol. The molecule has 1 aliphatic heterocycles. The Hall–Kier alpha value is -2.61. The molecule has 0 radical (unpaired) electrons. The molecule has 1 amide bonds. The van der Waals surface area contributed by atoms with Crippen LogP contribution in [0.4, 0.5) is 0 Å². The van der Waals surface area contributed by atoms with Crippen molar-refractivity contribution in [2.75, 3.05) is 26.9 Å². The van der Waals surface area contributed by atoms with Gasteiger partial charge in [-0.15, -0.1) is 5.10 Å². The van der Waals surface area contributed by atoms with Crippen LogP contribution in [0, 0.1) is 0 Å². The average molecular weight is 332 g/mol. The van der Waals surface area contributed by atoms with E-state index >= 15 is 0 Å². The van der Waals surface area contributed by atoms with E-state index in [4.69, 9.17) is 14.2 Å². The first-order valence-corrected chi connectivity index (χ1v) is 7.75. The second-order valence-electron chi connectivity index (χ2n) is 5.35. The van der Waals surface area contributed by atoms with Gasteiger partial charge in [0.2, 0.25) is 5.91 Å². The molecule has 0 spiro atoms. The number of hydrogen-bond donors (Lipinski definition) is 1. The van der Waals surface area contributed by atoms with Crippen LogP contribution in [0.2, 0.25) is 0 Å². The Morgan fingerprint density at radius 3 is 2.88 bits per heavy atom. The summed E-state index contributed by atoms with van der Waals surface area (Å²) in [6, 6.07) is 5.64. The van der Waals surface area contributed by atoms with Crippen LogP contribution in [-0.4, -0.2) is 47.5 Å². The number of amides is 1. The van der Waals surface area contributed by atoms with Crippen molar-refractivity contribution in [3.05, 3.63) is 29.8 Å². The van der Waals surface area contributed by atoms with E-state index in [2.05, 4.69) is 15.4 Å². The van der Waals surface area contributed by atoms with Gasteiger partial charge >= 0.3 is 0 Å². The van der Waals surface area contributed by atoms with Crippen LogP contribution < -0.4 is 14.8 Å². The molecule has 1 aromatic carbocycles. The van der Waals surface area contributed by atoms with Gasteiger partial charge in [0.15, 0.2) is 17.3 Å². The van der Waals surface area contributed by atoms with Gasteiger partial charge in [0.25, 0.3) is 0 Å². The van der Waals surface area contributed by atoms with Crippen LogP contribution in [-0.2, 0) is 22.6 Å². The van der Waals surface area contributed by atoms with Crippen molar-refractivity contribution >= 4 is 5.91 Å².